The van der Waals surface area contributed by atoms with Crippen LogP contribution in [0.15, 0.2) is 36.5 Å². The molecule has 2 aromatic rings. The van der Waals surface area contributed by atoms with Gasteiger partial charge in [-0.05, 0) is 55.9 Å². The molecule has 0 spiro atoms. The van der Waals surface area contributed by atoms with E-state index in [1.165, 1.54) is 12.2 Å². The smallest absolute Gasteiger partial charge is 0.319 e. The molecule has 1 saturated heterocycles. The fourth-order valence-electron chi connectivity index (χ4n) is 2.50. The Hall–Kier alpha value is -2.08. The molecule has 23 heavy (non-hydrogen) atoms. The molecule has 3 rings (SSSR count). The van der Waals surface area contributed by atoms with Crippen LogP contribution in [0.3, 0.4) is 0 Å². The Balaban J connectivity index is 1.59. The van der Waals surface area contributed by atoms with Crippen LogP contribution in [0.4, 0.5) is 10.5 Å². The molecule has 1 fully saturated rings. The van der Waals surface area contributed by atoms with Gasteiger partial charge in [-0.2, -0.15) is 11.8 Å². The fraction of sp³-hybridized carbons (Fsp3) is 0.353. The van der Waals surface area contributed by atoms with E-state index in [9.17, 15) is 4.79 Å². The number of carbonyl (C=O) groups is 1. The van der Waals surface area contributed by atoms with Gasteiger partial charge in [0.1, 0.15) is 0 Å². The summed E-state index contributed by atoms with van der Waals surface area (Å²) < 4.78 is 0. The molecule has 0 bridgehead atoms. The summed E-state index contributed by atoms with van der Waals surface area (Å²) in [4.78, 5) is 20.7. The van der Waals surface area contributed by atoms with Crippen LogP contribution in [0, 0.1) is 6.92 Å². The van der Waals surface area contributed by atoms with Crippen LogP contribution in [0.1, 0.15) is 18.5 Å². The molecule has 6 heteroatoms. The van der Waals surface area contributed by atoms with E-state index >= 15 is 0 Å². The number of amides is 2. The Labute approximate surface area is 140 Å². The number of aryl methyl sites for hydroxylation is 1. The molecule has 0 unspecified atom stereocenters. The van der Waals surface area contributed by atoms with Gasteiger partial charge in [0.2, 0.25) is 0 Å². The van der Waals surface area contributed by atoms with Crippen molar-refractivity contribution in [1.82, 2.24) is 15.3 Å². The van der Waals surface area contributed by atoms with Gasteiger partial charge in [0.25, 0.3) is 0 Å². The number of thioether (sulfide) groups is 1. The summed E-state index contributed by atoms with van der Waals surface area (Å²) in [5, 5.41) is 5.90. The van der Waals surface area contributed by atoms with E-state index in [1.54, 1.807) is 6.20 Å². The molecule has 120 valence electrons. The van der Waals surface area contributed by atoms with Crippen molar-refractivity contribution in [3.63, 3.8) is 0 Å². The Morgan fingerprint density at radius 3 is 2.78 bits per heavy atom. The van der Waals surface area contributed by atoms with Crippen molar-refractivity contribution in [3.8, 4) is 11.4 Å². The maximum atomic E-state index is 12.0. The van der Waals surface area contributed by atoms with E-state index in [1.807, 2.05) is 49.0 Å². The lowest BCUT2D eigenvalue weighted by Crippen LogP contribution is -2.40. The first-order chi connectivity index (χ1) is 11.2. The zero-order valence-electron chi connectivity index (χ0n) is 13.1. The van der Waals surface area contributed by atoms with Crippen molar-refractivity contribution in [2.24, 2.45) is 0 Å². The second-order valence-corrected chi connectivity index (χ2v) is 6.76. The third-order valence-electron chi connectivity index (χ3n) is 3.69. The van der Waals surface area contributed by atoms with Crippen LogP contribution in [0.5, 0.6) is 0 Å². The van der Waals surface area contributed by atoms with Crippen LogP contribution in [-0.2, 0) is 0 Å². The zero-order valence-corrected chi connectivity index (χ0v) is 13.9. The molecular weight excluding hydrogens is 308 g/mol. The van der Waals surface area contributed by atoms with Crippen LogP contribution < -0.4 is 10.6 Å². The number of aromatic nitrogens is 2. The monoisotopic (exact) mass is 328 g/mol. The minimum atomic E-state index is -0.142. The number of hydrogen-bond acceptors (Lipinski definition) is 4. The molecule has 1 aromatic heterocycles. The maximum absolute atomic E-state index is 12.0. The van der Waals surface area contributed by atoms with Gasteiger partial charge in [0.05, 0.1) is 0 Å². The number of carbonyl (C=O) groups excluding carboxylic acids is 1. The van der Waals surface area contributed by atoms with Gasteiger partial charge in [-0.25, -0.2) is 14.8 Å². The second-order valence-electron chi connectivity index (χ2n) is 5.61. The predicted molar refractivity (Wildman–Crippen MR) is 94.7 cm³/mol. The van der Waals surface area contributed by atoms with Gasteiger partial charge in [0, 0.05) is 34.9 Å². The summed E-state index contributed by atoms with van der Waals surface area (Å²) in [5.41, 5.74) is 2.63. The molecule has 0 saturated carbocycles. The minimum Gasteiger partial charge on any atom is -0.334 e. The lowest BCUT2D eigenvalue weighted by Gasteiger charge is -2.22. The fourth-order valence-corrected chi connectivity index (χ4v) is 3.57. The summed E-state index contributed by atoms with van der Waals surface area (Å²) in [5.74, 6) is 2.89. The average Bonchev–Trinajstić information content (AvgIpc) is 2.56. The molecule has 2 amide bonds. The molecule has 1 aliphatic rings. The second kappa shape index (κ2) is 7.46. The lowest BCUT2D eigenvalue weighted by molar-refractivity contribution is 0.248. The number of nitrogens with one attached hydrogen (secondary N) is 2. The van der Waals surface area contributed by atoms with Crippen molar-refractivity contribution >= 4 is 23.5 Å². The third-order valence-corrected chi connectivity index (χ3v) is 4.91. The van der Waals surface area contributed by atoms with E-state index in [-0.39, 0.29) is 12.1 Å². The molecule has 1 atom stereocenters. The first-order valence-electron chi connectivity index (χ1n) is 7.76. The highest BCUT2D eigenvalue weighted by molar-refractivity contribution is 7.99. The average molecular weight is 328 g/mol. The van der Waals surface area contributed by atoms with Crippen molar-refractivity contribution in [1.29, 1.82) is 0 Å². The topological polar surface area (TPSA) is 66.9 Å². The quantitative estimate of drug-likeness (QED) is 0.905. The highest BCUT2D eigenvalue weighted by Gasteiger charge is 2.15. The summed E-state index contributed by atoms with van der Waals surface area (Å²) in [6.45, 7) is 1.94. The summed E-state index contributed by atoms with van der Waals surface area (Å²) in [7, 11) is 0. The van der Waals surface area contributed by atoms with Gasteiger partial charge >= 0.3 is 6.03 Å². The largest absolute Gasteiger partial charge is 0.334 e. The van der Waals surface area contributed by atoms with E-state index in [0.717, 1.165) is 29.1 Å². The summed E-state index contributed by atoms with van der Waals surface area (Å²) in [6.07, 6.45) is 3.98. The number of anilines is 1. The first-order valence-corrected chi connectivity index (χ1v) is 8.91. The Morgan fingerprint density at radius 1 is 1.26 bits per heavy atom. The maximum Gasteiger partial charge on any atom is 0.319 e. The Morgan fingerprint density at radius 2 is 2.09 bits per heavy atom. The normalized spacial score (nSPS) is 17.5. The van der Waals surface area contributed by atoms with E-state index in [0.29, 0.717) is 5.82 Å². The zero-order chi connectivity index (χ0) is 16.1. The number of nitrogens with zero attached hydrogens (tertiary/aromatic N) is 2. The van der Waals surface area contributed by atoms with Crippen molar-refractivity contribution in [3.05, 3.63) is 42.2 Å². The Bertz CT molecular complexity index is 669. The van der Waals surface area contributed by atoms with Crippen molar-refractivity contribution < 1.29 is 4.79 Å². The molecule has 0 radical (unpaired) electrons. The van der Waals surface area contributed by atoms with Crippen molar-refractivity contribution in [2.75, 3.05) is 16.8 Å². The van der Waals surface area contributed by atoms with Gasteiger partial charge in [0.15, 0.2) is 5.82 Å². The van der Waals surface area contributed by atoms with Gasteiger partial charge in [-0.3, -0.25) is 0 Å². The van der Waals surface area contributed by atoms with Crippen LogP contribution in [0.25, 0.3) is 11.4 Å². The first kappa shape index (κ1) is 15.8. The van der Waals surface area contributed by atoms with Gasteiger partial charge < -0.3 is 10.6 Å². The Kier molecular flexibility index (Phi) is 5.12. The lowest BCUT2D eigenvalue weighted by atomic mass is 10.2. The van der Waals surface area contributed by atoms with E-state index in [4.69, 9.17) is 0 Å². The summed E-state index contributed by atoms with van der Waals surface area (Å²) in [6, 6.07) is 9.58. The number of urea groups is 1. The molecule has 1 aliphatic heterocycles. The predicted octanol–water partition coefficient (Wildman–Crippen LogP) is 3.47. The molecule has 2 heterocycles. The molecule has 5 nitrogen and oxygen atoms in total. The van der Waals surface area contributed by atoms with Gasteiger partial charge in [-0.15, -0.1) is 0 Å². The number of benzene rings is 1. The third kappa shape index (κ3) is 4.45. The highest BCUT2D eigenvalue weighted by atomic mass is 32.2. The number of hydrogen-bond donors (Lipinski definition) is 2. The highest BCUT2D eigenvalue weighted by Crippen LogP contribution is 2.19. The molecular formula is C17H20N4OS. The summed E-state index contributed by atoms with van der Waals surface area (Å²) >= 11 is 1.90. The molecule has 1 aromatic carbocycles. The van der Waals surface area contributed by atoms with E-state index in [2.05, 4.69) is 20.6 Å². The SMILES string of the molecule is Cc1ccnc(-c2ccc(NC(=O)N[C@@H]3CCCSC3)cc2)n1. The van der Waals surface area contributed by atoms with Crippen LogP contribution in [0.2, 0.25) is 0 Å². The number of rotatable bonds is 3. The van der Waals surface area contributed by atoms with E-state index < -0.39 is 0 Å². The van der Waals surface area contributed by atoms with Crippen LogP contribution in [-0.4, -0.2) is 33.5 Å². The van der Waals surface area contributed by atoms with Crippen molar-refractivity contribution in [2.45, 2.75) is 25.8 Å². The van der Waals surface area contributed by atoms with Gasteiger partial charge in [-0.1, -0.05) is 0 Å². The molecule has 0 aliphatic carbocycles. The molecule has 2 N–H and O–H groups in total. The standard InChI is InChI=1S/C17H20N4OS/c1-12-8-9-18-16(19-12)13-4-6-14(7-5-13)20-17(22)21-15-3-2-10-23-11-15/h4-9,15H,2-3,10-11H2,1H3,(H2,20,21,22)/t15-/m1/s1. The minimum absolute atomic E-state index is 0.142. The van der Waals surface area contributed by atoms with Crippen LogP contribution >= 0.6 is 11.8 Å².